The van der Waals surface area contributed by atoms with E-state index in [1.165, 1.54) is 18.3 Å². The molecule has 2 aromatic carbocycles. The Morgan fingerprint density at radius 2 is 1.75 bits per heavy atom. The summed E-state index contributed by atoms with van der Waals surface area (Å²) in [6, 6.07) is 15.4. The summed E-state index contributed by atoms with van der Waals surface area (Å²) in [7, 11) is 3.32. The zero-order valence-corrected chi connectivity index (χ0v) is 18.0. The lowest BCUT2D eigenvalue weighted by atomic mass is 10.1. The van der Waals surface area contributed by atoms with Crippen molar-refractivity contribution in [3.8, 4) is 5.75 Å². The number of hydrogen-bond donors (Lipinski definition) is 0. The summed E-state index contributed by atoms with van der Waals surface area (Å²) >= 11 is 0. The highest BCUT2D eigenvalue weighted by molar-refractivity contribution is 5.75. The molecule has 9 nitrogen and oxygen atoms in total. The summed E-state index contributed by atoms with van der Waals surface area (Å²) in [4.78, 5) is 26.6. The second kappa shape index (κ2) is 7.52. The number of hydrogen-bond acceptors (Lipinski definition) is 5. The van der Waals surface area contributed by atoms with Gasteiger partial charge in [0.2, 0.25) is 5.78 Å². The van der Waals surface area contributed by atoms with Gasteiger partial charge in [-0.05, 0) is 30.2 Å². The Bertz CT molecular complexity index is 1570. The number of ether oxygens (including phenoxy) is 1. The average Bonchev–Trinajstić information content (AvgIpc) is 3.32. The molecule has 0 radical (unpaired) electrons. The maximum absolute atomic E-state index is 13.4. The molecule has 0 aliphatic carbocycles. The SMILES string of the molecule is COc1cccc(Cn2nc3n(Cc4ccc(C)cc4)c(=O)c4nn(C)cc4n3c2=O)c1. The Balaban J connectivity index is 1.72. The highest BCUT2D eigenvalue weighted by Crippen LogP contribution is 2.15. The number of methoxy groups -OCH3 is 1. The minimum absolute atomic E-state index is 0.232. The number of rotatable bonds is 5. The Morgan fingerprint density at radius 3 is 2.50 bits per heavy atom. The molecule has 0 unspecified atom stereocenters. The lowest BCUT2D eigenvalue weighted by molar-refractivity contribution is 0.414. The van der Waals surface area contributed by atoms with Gasteiger partial charge in [-0.25, -0.2) is 13.9 Å². The van der Waals surface area contributed by atoms with Crippen LogP contribution in [-0.4, -0.2) is 35.6 Å². The van der Waals surface area contributed by atoms with Gasteiger partial charge in [0.1, 0.15) is 11.3 Å². The highest BCUT2D eigenvalue weighted by Gasteiger charge is 2.20. The van der Waals surface area contributed by atoms with Crippen molar-refractivity contribution < 1.29 is 4.74 Å². The van der Waals surface area contributed by atoms with Crippen LogP contribution in [0.1, 0.15) is 16.7 Å². The van der Waals surface area contributed by atoms with Gasteiger partial charge in [-0.3, -0.25) is 14.0 Å². The van der Waals surface area contributed by atoms with Crippen molar-refractivity contribution in [3.63, 3.8) is 0 Å². The fraction of sp³-hybridized carbons (Fsp3) is 0.217. The zero-order valence-electron chi connectivity index (χ0n) is 18.0. The van der Waals surface area contributed by atoms with E-state index in [9.17, 15) is 9.59 Å². The molecule has 3 aromatic heterocycles. The minimum Gasteiger partial charge on any atom is -0.497 e. The van der Waals surface area contributed by atoms with Crippen LogP contribution in [0.15, 0.2) is 64.3 Å². The standard InChI is InChI=1S/C23H22N6O3/c1-15-7-9-16(10-8-15)12-27-21(30)20-19(14-26(2)24-20)29-22(27)25-28(23(29)31)13-17-5-4-6-18(11-17)32-3/h4-11,14H,12-13H2,1-3H3. The largest absolute Gasteiger partial charge is 0.497 e. The van der Waals surface area contributed by atoms with Gasteiger partial charge in [-0.15, -0.1) is 5.10 Å². The molecule has 32 heavy (non-hydrogen) atoms. The summed E-state index contributed by atoms with van der Waals surface area (Å²) in [5, 5.41) is 8.86. The third-order valence-electron chi connectivity index (χ3n) is 5.49. The molecule has 162 valence electrons. The topological polar surface area (TPSA) is 88.3 Å². The van der Waals surface area contributed by atoms with Crippen LogP contribution in [0, 0.1) is 6.92 Å². The fourth-order valence-electron chi connectivity index (χ4n) is 3.86. The molecule has 0 aliphatic heterocycles. The zero-order chi connectivity index (χ0) is 22.4. The van der Waals surface area contributed by atoms with Crippen LogP contribution in [0.2, 0.25) is 0 Å². The lowest BCUT2D eigenvalue weighted by Gasteiger charge is -2.07. The van der Waals surface area contributed by atoms with Gasteiger partial charge in [-0.1, -0.05) is 42.0 Å². The third-order valence-corrected chi connectivity index (χ3v) is 5.49. The van der Waals surface area contributed by atoms with Gasteiger partial charge in [0.25, 0.3) is 5.56 Å². The Hall–Kier alpha value is -4.14. The smallest absolute Gasteiger partial charge is 0.352 e. The van der Waals surface area contributed by atoms with Crippen LogP contribution < -0.4 is 16.0 Å². The van der Waals surface area contributed by atoms with Crippen molar-refractivity contribution >= 4 is 16.8 Å². The van der Waals surface area contributed by atoms with Gasteiger partial charge < -0.3 is 4.74 Å². The molecule has 0 saturated heterocycles. The molecule has 5 aromatic rings. The van der Waals surface area contributed by atoms with Gasteiger partial charge in [0, 0.05) is 13.2 Å². The van der Waals surface area contributed by atoms with Gasteiger partial charge in [-0.2, -0.15) is 5.10 Å². The van der Waals surface area contributed by atoms with E-state index >= 15 is 0 Å². The summed E-state index contributed by atoms with van der Waals surface area (Å²) in [6.45, 7) is 2.54. The number of fused-ring (bicyclic) bond motifs is 3. The Labute approximate surface area is 182 Å². The summed E-state index contributed by atoms with van der Waals surface area (Å²) < 4.78 is 11.1. The van der Waals surface area contributed by atoms with Crippen molar-refractivity contribution in [1.29, 1.82) is 0 Å². The van der Waals surface area contributed by atoms with Crippen molar-refractivity contribution in [2.24, 2.45) is 7.05 Å². The monoisotopic (exact) mass is 430 g/mol. The molecule has 0 amide bonds. The number of benzene rings is 2. The van der Waals surface area contributed by atoms with E-state index in [0.717, 1.165) is 16.7 Å². The molecular weight excluding hydrogens is 408 g/mol. The van der Waals surface area contributed by atoms with E-state index < -0.39 is 0 Å². The van der Waals surface area contributed by atoms with Gasteiger partial charge in [0.05, 0.1) is 20.2 Å². The second-order valence-corrected chi connectivity index (χ2v) is 7.84. The lowest BCUT2D eigenvalue weighted by Crippen LogP contribution is -2.26. The molecule has 0 N–H and O–H groups in total. The van der Waals surface area contributed by atoms with E-state index in [1.54, 1.807) is 20.4 Å². The first-order chi connectivity index (χ1) is 15.4. The van der Waals surface area contributed by atoms with Gasteiger partial charge >= 0.3 is 5.69 Å². The normalized spacial score (nSPS) is 11.5. The summed E-state index contributed by atoms with van der Waals surface area (Å²) in [5.74, 6) is 0.981. The van der Waals surface area contributed by atoms with Crippen LogP contribution in [0.25, 0.3) is 16.8 Å². The van der Waals surface area contributed by atoms with Crippen molar-refractivity contribution in [3.05, 3.63) is 92.3 Å². The second-order valence-electron chi connectivity index (χ2n) is 7.84. The molecule has 0 spiro atoms. The van der Waals surface area contributed by atoms with E-state index in [-0.39, 0.29) is 35.6 Å². The van der Waals surface area contributed by atoms with Crippen molar-refractivity contribution in [2.45, 2.75) is 20.0 Å². The van der Waals surface area contributed by atoms with Crippen molar-refractivity contribution in [2.75, 3.05) is 7.11 Å². The summed E-state index contributed by atoms with van der Waals surface area (Å²) in [6.07, 6.45) is 1.67. The van der Waals surface area contributed by atoms with Crippen LogP contribution in [-0.2, 0) is 20.1 Å². The maximum atomic E-state index is 13.4. The molecule has 0 saturated carbocycles. The number of aromatic nitrogens is 6. The first-order valence-corrected chi connectivity index (χ1v) is 10.2. The summed E-state index contributed by atoms with van der Waals surface area (Å²) in [5.41, 5.74) is 2.98. The average molecular weight is 430 g/mol. The molecule has 3 heterocycles. The maximum Gasteiger partial charge on any atom is 0.352 e. The van der Waals surface area contributed by atoms with Gasteiger partial charge in [0.15, 0.2) is 5.52 Å². The van der Waals surface area contributed by atoms with Crippen LogP contribution in [0.4, 0.5) is 0 Å². The Kier molecular flexibility index (Phi) is 4.66. The molecule has 0 bridgehead atoms. The highest BCUT2D eigenvalue weighted by atomic mass is 16.5. The first kappa shape index (κ1) is 19.8. The van der Waals surface area contributed by atoms with Crippen LogP contribution >= 0.6 is 0 Å². The third kappa shape index (κ3) is 3.27. The Morgan fingerprint density at radius 1 is 0.969 bits per heavy atom. The molecule has 5 rings (SSSR count). The quantitative estimate of drug-likeness (QED) is 0.425. The van der Waals surface area contributed by atoms with Crippen LogP contribution in [0.3, 0.4) is 0 Å². The minimum atomic E-state index is -0.335. The molecule has 0 fully saturated rings. The predicted molar refractivity (Wildman–Crippen MR) is 120 cm³/mol. The first-order valence-electron chi connectivity index (χ1n) is 10.2. The van der Waals surface area contributed by atoms with E-state index in [2.05, 4.69) is 10.2 Å². The van der Waals surface area contributed by atoms with E-state index in [1.807, 2.05) is 55.5 Å². The number of nitrogens with zero attached hydrogens (tertiary/aromatic N) is 6. The molecular formula is C23H22N6O3. The van der Waals surface area contributed by atoms with E-state index in [0.29, 0.717) is 11.3 Å². The number of aryl methyl sites for hydroxylation is 2. The molecule has 0 atom stereocenters. The van der Waals surface area contributed by atoms with Crippen LogP contribution in [0.5, 0.6) is 5.75 Å². The fourth-order valence-corrected chi connectivity index (χ4v) is 3.86. The molecule has 9 heteroatoms. The molecule has 0 aliphatic rings. The van der Waals surface area contributed by atoms with Crippen molar-refractivity contribution in [1.82, 2.24) is 28.5 Å². The predicted octanol–water partition coefficient (Wildman–Crippen LogP) is 1.96. The van der Waals surface area contributed by atoms with E-state index in [4.69, 9.17) is 4.74 Å².